The first-order valence-electron chi connectivity index (χ1n) is 14.5. The quantitative estimate of drug-likeness (QED) is 0.365. The molecule has 0 bridgehead atoms. The maximum absolute atomic E-state index is 5.00. The van der Waals surface area contributed by atoms with E-state index in [9.17, 15) is 0 Å². The Bertz CT molecular complexity index is 1210. The minimum Gasteiger partial charge on any atom is -0.371 e. The molecule has 8 nitrogen and oxygen atoms in total. The first-order valence-corrected chi connectivity index (χ1v) is 14.5. The van der Waals surface area contributed by atoms with Gasteiger partial charge in [0.2, 0.25) is 0 Å². The van der Waals surface area contributed by atoms with Crippen LogP contribution in [-0.2, 0) is 0 Å². The molecule has 0 unspecified atom stereocenters. The second-order valence-electron chi connectivity index (χ2n) is 10.9. The SMILES string of the molecule is c1c[n+](-c2cc(-[n+]3ccc(N4CCCC4)cc3)nc(-[n+]3ccc(N4CCCC4)cc3)n2)ccc1N1CCCC1. The Hall–Kier alpha value is -4.07. The first kappa shape index (κ1) is 24.0. The number of anilines is 3. The highest BCUT2D eigenvalue weighted by Gasteiger charge is 2.24. The molecule has 3 aliphatic heterocycles. The lowest BCUT2D eigenvalue weighted by molar-refractivity contribution is -0.623. The van der Waals surface area contributed by atoms with Crippen LogP contribution in [0.25, 0.3) is 17.6 Å². The van der Waals surface area contributed by atoms with Crippen LogP contribution in [0.3, 0.4) is 0 Å². The van der Waals surface area contributed by atoms with Crippen LogP contribution in [0.4, 0.5) is 17.1 Å². The largest absolute Gasteiger partial charge is 0.445 e. The van der Waals surface area contributed by atoms with Crippen molar-refractivity contribution in [2.24, 2.45) is 0 Å². The predicted molar refractivity (Wildman–Crippen MR) is 151 cm³/mol. The zero-order chi connectivity index (χ0) is 26.0. The Morgan fingerprint density at radius 3 is 1.08 bits per heavy atom. The van der Waals surface area contributed by atoms with Crippen molar-refractivity contribution in [3.8, 4) is 17.6 Å². The van der Waals surface area contributed by atoms with E-state index < -0.39 is 0 Å². The van der Waals surface area contributed by atoms with Gasteiger partial charge in [0.1, 0.15) is 6.07 Å². The molecule has 0 aromatic carbocycles. The number of rotatable bonds is 6. The first-order chi connectivity index (χ1) is 19.3. The van der Waals surface area contributed by atoms with Crippen LogP contribution in [0.5, 0.6) is 0 Å². The predicted octanol–water partition coefficient (Wildman–Crippen LogP) is 3.11. The number of hydrogen-bond donors (Lipinski definition) is 0. The van der Waals surface area contributed by atoms with Gasteiger partial charge in [-0.05, 0) is 60.6 Å². The molecule has 7 heterocycles. The fourth-order valence-corrected chi connectivity index (χ4v) is 6.04. The average Bonchev–Trinajstić information content (AvgIpc) is 3.82. The molecule has 3 fully saturated rings. The fraction of sp³-hybridized carbons (Fsp3) is 0.387. The highest BCUT2D eigenvalue weighted by atomic mass is 15.2. The summed E-state index contributed by atoms with van der Waals surface area (Å²) in [6.45, 7) is 6.82. The lowest BCUT2D eigenvalue weighted by atomic mass is 10.3. The number of pyridine rings is 3. The van der Waals surface area contributed by atoms with Crippen molar-refractivity contribution in [1.82, 2.24) is 9.97 Å². The Labute approximate surface area is 230 Å². The van der Waals surface area contributed by atoms with Crippen LogP contribution >= 0.6 is 0 Å². The van der Waals surface area contributed by atoms with Gasteiger partial charge < -0.3 is 14.7 Å². The molecule has 198 valence electrons. The van der Waals surface area contributed by atoms with E-state index in [1.165, 1.54) is 55.6 Å². The van der Waals surface area contributed by atoms with Crippen molar-refractivity contribution >= 4 is 17.1 Å². The highest BCUT2D eigenvalue weighted by Crippen LogP contribution is 2.21. The van der Waals surface area contributed by atoms with Crippen LogP contribution in [0.15, 0.2) is 79.6 Å². The Balaban J connectivity index is 1.24. The molecule has 0 aliphatic carbocycles. The van der Waals surface area contributed by atoms with Crippen molar-refractivity contribution in [2.75, 3.05) is 54.0 Å². The van der Waals surface area contributed by atoms with Gasteiger partial charge in [-0.15, -0.1) is 0 Å². The van der Waals surface area contributed by atoms with Gasteiger partial charge in [0, 0.05) is 80.6 Å². The molecule has 0 N–H and O–H groups in total. The lowest BCUT2D eigenvalue weighted by Gasteiger charge is -2.17. The van der Waals surface area contributed by atoms with Crippen LogP contribution in [0, 0.1) is 0 Å². The van der Waals surface area contributed by atoms with Crippen LogP contribution in [-0.4, -0.2) is 49.2 Å². The van der Waals surface area contributed by atoms with E-state index in [4.69, 9.17) is 9.97 Å². The summed E-state index contributed by atoms with van der Waals surface area (Å²) in [5, 5.41) is 0. The average molecular weight is 522 g/mol. The standard InChI is InChI=1S/C31H37N8/c1-2-14-34(13-1)26-7-19-37(20-8-26)29-25-30(38-21-9-27(10-22-38)35-15-3-4-16-35)33-31(32-29)39-23-11-28(12-24-39)36-17-5-6-18-36/h7-12,19-25H,1-6,13-18H2/q+3. The lowest BCUT2D eigenvalue weighted by Crippen LogP contribution is -2.40. The van der Waals surface area contributed by atoms with E-state index in [2.05, 4.69) is 103 Å². The molecular formula is C31H37N8+3. The molecule has 0 spiro atoms. The zero-order valence-electron chi connectivity index (χ0n) is 22.6. The second-order valence-corrected chi connectivity index (χ2v) is 10.9. The Kier molecular flexibility index (Phi) is 6.52. The Morgan fingerprint density at radius 1 is 0.436 bits per heavy atom. The molecule has 3 aliphatic rings. The molecule has 0 radical (unpaired) electrons. The maximum atomic E-state index is 5.00. The van der Waals surface area contributed by atoms with Crippen LogP contribution in [0.2, 0.25) is 0 Å². The summed E-state index contributed by atoms with van der Waals surface area (Å²) in [6, 6.07) is 15.2. The summed E-state index contributed by atoms with van der Waals surface area (Å²) in [6.07, 6.45) is 20.3. The fourth-order valence-electron chi connectivity index (χ4n) is 6.04. The minimum absolute atomic E-state index is 0.655. The van der Waals surface area contributed by atoms with Crippen molar-refractivity contribution < 1.29 is 13.7 Å². The topological polar surface area (TPSA) is 47.1 Å². The molecule has 4 aromatic heterocycles. The van der Waals surface area contributed by atoms with E-state index in [1.54, 1.807) is 0 Å². The molecule has 3 saturated heterocycles. The zero-order valence-corrected chi connectivity index (χ0v) is 22.6. The van der Waals surface area contributed by atoms with E-state index in [0.717, 1.165) is 50.9 Å². The van der Waals surface area contributed by atoms with Gasteiger partial charge in [-0.2, -0.15) is 0 Å². The third-order valence-corrected chi connectivity index (χ3v) is 8.30. The van der Waals surface area contributed by atoms with E-state index >= 15 is 0 Å². The van der Waals surface area contributed by atoms with Crippen LogP contribution in [0.1, 0.15) is 38.5 Å². The summed E-state index contributed by atoms with van der Waals surface area (Å²) < 4.78 is 6.20. The van der Waals surface area contributed by atoms with Crippen molar-refractivity contribution in [2.45, 2.75) is 38.5 Å². The maximum Gasteiger partial charge on any atom is 0.445 e. The molecule has 39 heavy (non-hydrogen) atoms. The summed E-state index contributed by atoms with van der Waals surface area (Å²) >= 11 is 0. The van der Waals surface area contributed by atoms with Gasteiger partial charge in [0.25, 0.3) is 0 Å². The molecule has 8 heteroatoms. The highest BCUT2D eigenvalue weighted by molar-refractivity contribution is 5.46. The molecule has 0 saturated carbocycles. The summed E-state index contributed by atoms with van der Waals surface area (Å²) in [4.78, 5) is 17.4. The second kappa shape index (κ2) is 10.6. The number of aromatic nitrogens is 5. The number of hydrogen-bond acceptors (Lipinski definition) is 5. The third-order valence-electron chi connectivity index (χ3n) is 8.30. The summed E-state index contributed by atoms with van der Waals surface area (Å²) in [7, 11) is 0. The molecule has 0 amide bonds. The molecule has 0 atom stereocenters. The smallest absolute Gasteiger partial charge is 0.371 e. The minimum atomic E-state index is 0.655. The van der Waals surface area contributed by atoms with Crippen LogP contribution < -0.4 is 28.4 Å². The Morgan fingerprint density at radius 2 is 0.744 bits per heavy atom. The van der Waals surface area contributed by atoms with Gasteiger partial charge in [-0.3, -0.25) is 0 Å². The van der Waals surface area contributed by atoms with Gasteiger partial charge in [-0.25, -0.2) is 13.7 Å². The van der Waals surface area contributed by atoms with Gasteiger partial charge in [-0.1, -0.05) is 0 Å². The van der Waals surface area contributed by atoms with Gasteiger partial charge in [0.15, 0.2) is 0 Å². The monoisotopic (exact) mass is 521 g/mol. The van der Waals surface area contributed by atoms with E-state index in [-0.39, 0.29) is 0 Å². The number of nitrogens with zero attached hydrogens (tertiary/aromatic N) is 8. The molecule has 4 aromatic rings. The molecule has 7 rings (SSSR count). The molecular weight excluding hydrogens is 484 g/mol. The normalized spacial score (nSPS) is 17.4. The van der Waals surface area contributed by atoms with Crippen molar-refractivity contribution in [1.29, 1.82) is 0 Å². The van der Waals surface area contributed by atoms with E-state index in [0.29, 0.717) is 5.95 Å². The van der Waals surface area contributed by atoms with E-state index in [1.807, 2.05) is 4.57 Å². The van der Waals surface area contributed by atoms with Gasteiger partial charge >= 0.3 is 17.6 Å². The third kappa shape index (κ3) is 5.03. The van der Waals surface area contributed by atoms with Crippen molar-refractivity contribution in [3.63, 3.8) is 0 Å². The van der Waals surface area contributed by atoms with Gasteiger partial charge in [0.05, 0.1) is 37.2 Å². The summed E-state index contributed by atoms with van der Waals surface area (Å²) in [5.41, 5.74) is 3.81. The van der Waals surface area contributed by atoms with Crippen molar-refractivity contribution in [3.05, 3.63) is 79.6 Å². The summed E-state index contributed by atoms with van der Waals surface area (Å²) in [5.74, 6) is 2.34.